The molecule has 0 bridgehead atoms. The van der Waals surface area contributed by atoms with Gasteiger partial charge in [0.25, 0.3) is 0 Å². The van der Waals surface area contributed by atoms with Crippen LogP contribution in [0.1, 0.15) is 12.0 Å². The molecule has 2 rings (SSSR count). The van der Waals surface area contributed by atoms with Crippen LogP contribution in [0.3, 0.4) is 0 Å². The molecule has 2 N–H and O–H groups in total. The number of benzene rings is 1. The third-order valence-electron chi connectivity index (χ3n) is 4.26. The highest BCUT2D eigenvalue weighted by molar-refractivity contribution is 5.55. The molecule has 21 heavy (non-hydrogen) atoms. The van der Waals surface area contributed by atoms with Crippen LogP contribution < -0.4 is 19.9 Å². The Morgan fingerprint density at radius 2 is 1.86 bits per heavy atom. The Morgan fingerprint density at radius 1 is 1.14 bits per heavy atom. The van der Waals surface area contributed by atoms with E-state index in [0.717, 1.165) is 37.2 Å². The molecular weight excluding hydrogens is 268 g/mol. The van der Waals surface area contributed by atoms with Crippen LogP contribution in [0.25, 0.3) is 0 Å². The highest BCUT2D eigenvalue weighted by Gasteiger charge is 2.27. The Labute approximate surface area is 127 Å². The topological polar surface area (TPSA) is 57.0 Å². The molecule has 0 aromatic heterocycles. The van der Waals surface area contributed by atoms with Gasteiger partial charge in [0.05, 0.1) is 21.3 Å². The van der Waals surface area contributed by atoms with Crippen molar-refractivity contribution in [3.8, 4) is 17.2 Å². The van der Waals surface area contributed by atoms with Crippen molar-refractivity contribution >= 4 is 0 Å². The molecule has 1 aromatic rings. The van der Waals surface area contributed by atoms with Gasteiger partial charge < -0.3 is 24.8 Å². The van der Waals surface area contributed by atoms with Crippen molar-refractivity contribution in [1.82, 2.24) is 4.90 Å². The Balaban J connectivity index is 2.27. The molecule has 0 radical (unpaired) electrons. The van der Waals surface area contributed by atoms with E-state index in [4.69, 9.17) is 19.9 Å². The highest BCUT2D eigenvalue weighted by Crippen LogP contribution is 2.41. The minimum Gasteiger partial charge on any atom is -0.493 e. The first-order chi connectivity index (χ1) is 10.1. The quantitative estimate of drug-likeness (QED) is 0.892. The van der Waals surface area contributed by atoms with Crippen molar-refractivity contribution < 1.29 is 14.2 Å². The van der Waals surface area contributed by atoms with Gasteiger partial charge in [-0.15, -0.1) is 0 Å². The lowest BCUT2D eigenvalue weighted by Crippen LogP contribution is -2.46. The number of piperidine rings is 1. The van der Waals surface area contributed by atoms with Crippen molar-refractivity contribution in [2.75, 3.05) is 41.5 Å². The maximum atomic E-state index is 6.28. The molecule has 1 fully saturated rings. The fourth-order valence-electron chi connectivity index (χ4n) is 3.05. The van der Waals surface area contributed by atoms with E-state index in [1.54, 1.807) is 21.3 Å². The monoisotopic (exact) mass is 294 g/mol. The molecule has 5 nitrogen and oxygen atoms in total. The number of nitrogens with two attached hydrogens (primary N) is 1. The van der Waals surface area contributed by atoms with Gasteiger partial charge in [-0.1, -0.05) is 6.07 Å². The fraction of sp³-hybridized carbons (Fsp3) is 0.625. The summed E-state index contributed by atoms with van der Waals surface area (Å²) < 4.78 is 16.3. The van der Waals surface area contributed by atoms with Gasteiger partial charge >= 0.3 is 0 Å². The van der Waals surface area contributed by atoms with E-state index in [0.29, 0.717) is 17.4 Å². The van der Waals surface area contributed by atoms with Gasteiger partial charge in [0.1, 0.15) is 0 Å². The smallest absolute Gasteiger partial charge is 0.203 e. The zero-order chi connectivity index (χ0) is 15.4. The summed E-state index contributed by atoms with van der Waals surface area (Å²) in [7, 11) is 7.06. The minimum atomic E-state index is 0.235. The van der Waals surface area contributed by atoms with Crippen molar-refractivity contribution in [3.63, 3.8) is 0 Å². The van der Waals surface area contributed by atoms with Gasteiger partial charge in [0, 0.05) is 12.6 Å². The third-order valence-corrected chi connectivity index (χ3v) is 4.26. The lowest BCUT2D eigenvalue weighted by atomic mass is 9.87. The second-order valence-corrected chi connectivity index (χ2v) is 5.67. The van der Waals surface area contributed by atoms with Gasteiger partial charge in [-0.2, -0.15) is 0 Å². The van der Waals surface area contributed by atoms with Gasteiger partial charge in [-0.05, 0) is 44.0 Å². The number of hydrogen-bond donors (Lipinski definition) is 1. The SMILES string of the molecule is COc1ccc(C[C@H]2CN(C)CC[C@@H]2N)c(OC)c1OC. The molecule has 5 heteroatoms. The first-order valence-corrected chi connectivity index (χ1v) is 7.32. The molecule has 1 aromatic carbocycles. The average Bonchev–Trinajstić information content (AvgIpc) is 2.50. The van der Waals surface area contributed by atoms with E-state index in [2.05, 4.69) is 11.9 Å². The van der Waals surface area contributed by atoms with E-state index in [-0.39, 0.29) is 6.04 Å². The molecule has 0 amide bonds. The largest absolute Gasteiger partial charge is 0.493 e. The molecule has 0 saturated carbocycles. The van der Waals surface area contributed by atoms with E-state index in [1.807, 2.05) is 12.1 Å². The number of ether oxygens (including phenoxy) is 3. The number of rotatable bonds is 5. The van der Waals surface area contributed by atoms with E-state index in [9.17, 15) is 0 Å². The fourth-order valence-corrected chi connectivity index (χ4v) is 3.05. The summed E-state index contributed by atoms with van der Waals surface area (Å²) in [6.45, 7) is 2.08. The molecule has 0 unspecified atom stereocenters. The summed E-state index contributed by atoms with van der Waals surface area (Å²) in [4.78, 5) is 2.33. The Bertz CT molecular complexity index is 479. The molecule has 1 aliphatic heterocycles. The first-order valence-electron chi connectivity index (χ1n) is 7.32. The number of hydrogen-bond acceptors (Lipinski definition) is 5. The van der Waals surface area contributed by atoms with Crippen LogP contribution >= 0.6 is 0 Å². The van der Waals surface area contributed by atoms with Crippen molar-refractivity contribution in [2.45, 2.75) is 18.9 Å². The minimum absolute atomic E-state index is 0.235. The standard InChI is InChI=1S/C16H26N2O3/c1-18-8-7-13(17)12(10-18)9-11-5-6-14(19-2)16(21-4)15(11)20-3/h5-6,12-13H,7-10,17H2,1-4H3/t12-,13-/m0/s1. The van der Waals surface area contributed by atoms with E-state index >= 15 is 0 Å². The lowest BCUT2D eigenvalue weighted by molar-refractivity contribution is 0.184. The zero-order valence-corrected chi connectivity index (χ0v) is 13.4. The molecular formula is C16H26N2O3. The summed E-state index contributed by atoms with van der Waals surface area (Å²) in [5.74, 6) is 2.51. The van der Waals surface area contributed by atoms with Gasteiger partial charge in [-0.3, -0.25) is 0 Å². The molecule has 1 saturated heterocycles. The summed E-state index contributed by atoms with van der Waals surface area (Å²) in [5, 5.41) is 0. The summed E-state index contributed by atoms with van der Waals surface area (Å²) in [6, 6.07) is 4.20. The average molecular weight is 294 g/mol. The van der Waals surface area contributed by atoms with Crippen LogP contribution in [0, 0.1) is 5.92 Å². The van der Waals surface area contributed by atoms with Gasteiger partial charge in [0.15, 0.2) is 11.5 Å². The van der Waals surface area contributed by atoms with Crippen LogP contribution in [0.15, 0.2) is 12.1 Å². The molecule has 0 spiro atoms. The van der Waals surface area contributed by atoms with Crippen molar-refractivity contribution in [1.29, 1.82) is 0 Å². The number of likely N-dealkylation sites (tertiary alicyclic amines) is 1. The predicted molar refractivity (Wildman–Crippen MR) is 83.4 cm³/mol. The predicted octanol–water partition coefficient (Wildman–Crippen LogP) is 1.53. The van der Waals surface area contributed by atoms with Crippen LogP contribution in [-0.4, -0.2) is 52.4 Å². The van der Waals surface area contributed by atoms with Crippen molar-refractivity contribution in [2.24, 2.45) is 11.7 Å². The van der Waals surface area contributed by atoms with Gasteiger partial charge in [0.2, 0.25) is 5.75 Å². The molecule has 1 heterocycles. The molecule has 1 aliphatic rings. The second kappa shape index (κ2) is 7.00. The third kappa shape index (κ3) is 3.41. The maximum absolute atomic E-state index is 6.28. The first kappa shape index (κ1) is 15.9. The van der Waals surface area contributed by atoms with Crippen LogP contribution in [0.4, 0.5) is 0 Å². The van der Waals surface area contributed by atoms with Crippen LogP contribution in [0.5, 0.6) is 17.2 Å². The Hall–Kier alpha value is -1.46. The van der Waals surface area contributed by atoms with Crippen LogP contribution in [0.2, 0.25) is 0 Å². The summed E-state index contributed by atoms with van der Waals surface area (Å²) >= 11 is 0. The summed E-state index contributed by atoms with van der Waals surface area (Å²) in [6.07, 6.45) is 1.92. The number of nitrogens with zero attached hydrogens (tertiary/aromatic N) is 1. The second-order valence-electron chi connectivity index (χ2n) is 5.67. The Kier molecular flexibility index (Phi) is 5.31. The zero-order valence-electron chi connectivity index (χ0n) is 13.4. The molecule has 118 valence electrons. The van der Waals surface area contributed by atoms with E-state index in [1.165, 1.54) is 0 Å². The Morgan fingerprint density at radius 3 is 2.48 bits per heavy atom. The van der Waals surface area contributed by atoms with E-state index < -0.39 is 0 Å². The van der Waals surface area contributed by atoms with Crippen molar-refractivity contribution in [3.05, 3.63) is 17.7 Å². The normalized spacial score (nSPS) is 22.9. The number of methoxy groups -OCH3 is 3. The van der Waals surface area contributed by atoms with Gasteiger partial charge in [-0.25, -0.2) is 0 Å². The lowest BCUT2D eigenvalue weighted by Gasteiger charge is -2.35. The molecule has 2 atom stereocenters. The molecule has 0 aliphatic carbocycles. The summed E-state index contributed by atoms with van der Waals surface area (Å²) in [5.41, 5.74) is 7.40. The maximum Gasteiger partial charge on any atom is 0.203 e. The van der Waals surface area contributed by atoms with Crippen LogP contribution in [-0.2, 0) is 6.42 Å². The highest BCUT2D eigenvalue weighted by atomic mass is 16.5.